The lowest BCUT2D eigenvalue weighted by molar-refractivity contribution is 0.664. The Morgan fingerprint density at radius 3 is 2.73 bits per heavy atom. The van der Waals surface area contributed by atoms with E-state index in [0.717, 1.165) is 17.9 Å². The van der Waals surface area contributed by atoms with Gasteiger partial charge in [0.15, 0.2) is 0 Å². The average Bonchev–Trinajstić information content (AvgIpc) is 2.00. The first kappa shape index (κ1) is 11.5. The molecule has 0 amide bonds. The average molecular weight is 195 g/mol. The summed E-state index contributed by atoms with van der Waals surface area (Å²) >= 11 is 1.73. The molecular formula is C7H17NOS2. The second kappa shape index (κ2) is 7.13. The maximum atomic E-state index is 11.2. The molecule has 0 spiro atoms. The van der Waals surface area contributed by atoms with E-state index < -0.39 is 10.8 Å². The smallest absolute Gasteiger partial charge is 0.0386 e. The van der Waals surface area contributed by atoms with Gasteiger partial charge >= 0.3 is 0 Å². The van der Waals surface area contributed by atoms with Gasteiger partial charge in [-0.15, -0.1) is 0 Å². The Hall–Kier alpha value is 0.460. The Balaban J connectivity index is 3.36. The molecule has 2 N–H and O–H groups in total. The fourth-order valence-electron chi connectivity index (χ4n) is 0.616. The first-order valence-corrected chi connectivity index (χ1v) is 6.68. The van der Waals surface area contributed by atoms with E-state index in [1.807, 2.05) is 13.2 Å². The maximum absolute atomic E-state index is 11.2. The molecule has 0 aliphatic heterocycles. The van der Waals surface area contributed by atoms with Crippen LogP contribution in [-0.4, -0.2) is 33.8 Å². The molecule has 0 aromatic rings. The summed E-state index contributed by atoms with van der Waals surface area (Å²) in [5, 5.41) is 0. The summed E-state index contributed by atoms with van der Waals surface area (Å²) in [5.74, 6) is 2.43. The van der Waals surface area contributed by atoms with Gasteiger partial charge in [-0.3, -0.25) is 4.21 Å². The standard InChI is InChI=1S/C7H17NOS2/c1-3-7(8)6-11(9)5-4-10-2/h7H,3-6,8H2,1-2H3. The van der Waals surface area contributed by atoms with E-state index in [4.69, 9.17) is 5.73 Å². The predicted molar refractivity (Wildman–Crippen MR) is 54.5 cm³/mol. The van der Waals surface area contributed by atoms with Crippen molar-refractivity contribution in [3.63, 3.8) is 0 Å². The van der Waals surface area contributed by atoms with Crippen molar-refractivity contribution in [3.8, 4) is 0 Å². The van der Waals surface area contributed by atoms with Gasteiger partial charge in [-0.05, 0) is 12.7 Å². The maximum Gasteiger partial charge on any atom is 0.0386 e. The number of hydrogen-bond donors (Lipinski definition) is 1. The highest BCUT2D eigenvalue weighted by atomic mass is 32.2. The Bertz CT molecular complexity index is 119. The second-order valence-corrected chi connectivity index (χ2v) is 5.08. The molecule has 2 atom stereocenters. The molecule has 68 valence electrons. The fourth-order valence-corrected chi connectivity index (χ4v) is 2.91. The van der Waals surface area contributed by atoms with Gasteiger partial charge in [0.1, 0.15) is 0 Å². The quantitative estimate of drug-likeness (QED) is 0.683. The molecule has 4 heteroatoms. The molecule has 0 rings (SSSR count). The van der Waals surface area contributed by atoms with E-state index in [1.165, 1.54) is 0 Å². The fraction of sp³-hybridized carbons (Fsp3) is 1.00. The van der Waals surface area contributed by atoms with E-state index in [9.17, 15) is 4.21 Å². The second-order valence-electron chi connectivity index (χ2n) is 2.47. The van der Waals surface area contributed by atoms with Crippen molar-refractivity contribution in [1.29, 1.82) is 0 Å². The third kappa shape index (κ3) is 6.84. The zero-order valence-corrected chi connectivity index (χ0v) is 8.84. The van der Waals surface area contributed by atoms with Gasteiger partial charge < -0.3 is 5.73 Å². The molecule has 0 radical (unpaired) electrons. The Morgan fingerprint density at radius 2 is 2.27 bits per heavy atom. The van der Waals surface area contributed by atoms with Crippen LogP contribution in [0.15, 0.2) is 0 Å². The van der Waals surface area contributed by atoms with Gasteiger partial charge in [-0.2, -0.15) is 11.8 Å². The van der Waals surface area contributed by atoms with Gasteiger partial charge in [-0.25, -0.2) is 0 Å². The minimum absolute atomic E-state index is 0.123. The van der Waals surface area contributed by atoms with Gasteiger partial charge in [0.2, 0.25) is 0 Å². The van der Waals surface area contributed by atoms with Crippen LogP contribution in [0.5, 0.6) is 0 Å². The summed E-state index contributed by atoms with van der Waals surface area (Å²) in [5.41, 5.74) is 5.65. The van der Waals surface area contributed by atoms with Crippen molar-refractivity contribution in [2.24, 2.45) is 5.73 Å². The summed E-state index contributed by atoms with van der Waals surface area (Å²) < 4.78 is 11.2. The molecule has 2 nitrogen and oxygen atoms in total. The first-order valence-electron chi connectivity index (χ1n) is 3.80. The largest absolute Gasteiger partial charge is 0.327 e. The highest BCUT2D eigenvalue weighted by Gasteiger charge is 2.04. The number of thioether (sulfide) groups is 1. The van der Waals surface area contributed by atoms with Gasteiger partial charge in [0.25, 0.3) is 0 Å². The lowest BCUT2D eigenvalue weighted by Crippen LogP contribution is -2.27. The molecule has 0 heterocycles. The summed E-state index contributed by atoms with van der Waals surface area (Å²) in [6, 6.07) is 0.123. The van der Waals surface area contributed by atoms with Crippen LogP contribution < -0.4 is 5.73 Å². The van der Waals surface area contributed by atoms with Crippen LogP contribution in [-0.2, 0) is 10.8 Å². The SMILES string of the molecule is CCC(N)CS(=O)CCSC. The Morgan fingerprint density at radius 1 is 1.64 bits per heavy atom. The lowest BCUT2D eigenvalue weighted by Gasteiger charge is -2.06. The van der Waals surface area contributed by atoms with E-state index in [1.54, 1.807) is 11.8 Å². The van der Waals surface area contributed by atoms with Crippen LogP contribution in [0.1, 0.15) is 13.3 Å². The topological polar surface area (TPSA) is 43.1 Å². The van der Waals surface area contributed by atoms with E-state index in [0.29, 0.717) is 5.75 Å². The van der Waals surface area contributed by atoms with Crippen molar-refractivity contribution < 1.29 is 4.21 Å². The van der Waals surface area contributed by atoms with Crippen molar-refractivity contribution in [2.45, 2.75) is 19.4 Å². The van der Waals surface area contributed by atoms with Crippen LogP contribution in [0.3, 0.4) is 0 Å². The molecule has 11 heavy (non-hydrogen) atoms. The number of nitrogens with two attached hydrogens (primary N) is 1. The summed E-state index contributed by atoms with van der Waals surface area (Å²) in [7, 11) is -0.696. The van der Waals surface area contributed by atoms with Gasteiger partial charge in [0, 0.05) is 34.1 Å². The van der Waals surface area contributed by atoms with Crippen molar-refractivity contribution in [2.75, 3.05) is 23.5 Å². The summed E-state index contributed by atoms with van der Waals surface area (Å²) in [6.45, 7) is 2.02. The van der Waals surface area contributed by atoms with Crippen LogP contribution in [0.25, 0.3) is 0 Å². The normalized spacial score (nSPS) is 16.3. The lowest BCUT2D eigenvalue weighted by atomic mass is 10.3. The molecule has 0 aromatic carbocycles. The molecular weight excluding hydrogens is 178 g/mol. The molecule has 0 fully saturated rings. The molecule has 0 aromatic heterocycles. The molecule has 0 bridgehead atoms. The monoisotopic (exact) mass is 195 g/mol. The molecule has 0 saturated heterocycles. The van der Waals surface area contributed by atoms with E-state index >= 15 is 0 Å². The van der Waals surface area contributed by atoms with E-state index in [-0.39, 0.29) is 6.04 Å². The first-order chi connectivity index (χ1) is 5.20. The van der Waals surface area contributed by atoms with Gasteiger partial charge in [-0.1, -0.05) is 6.92 Å². The molecule has 2 unspecified atom stereocenters. The third-order valence-electron chi connectivity index (χ3n) is 1.44. The van der Waals surface area contributed by atoms with Gasteiger partial charge in [0.05, 0.1) is 0 Å². The zero-order valence-electron chi connectivity index (χ0n) is 7.21. The predicted octanol–water partition coefficient (Wildman–Crippen LogP) is 0.835. The van der Waals surface area contributed by atoms with Crippen molar-refractivity contribution in [1.82, 2.24) is 0 Å². The number of rotatable bonds is 6. The third-order valence-corrected chi connectivity index (χ3v) is 3.77. The Kier molecular flexibility index (Phi) is 7.43. The zero-order chi connectivity index (χ0) is 8.69. The van der Waals surface area contributed by atoms with Crippen molar-refractivity contribution in [3.05, 3.63) is 0 Å². The minimum atomic E-state index is -0.696. The van der Waals surface area contributed by atoms with Crippen LogP contribution >= 0.6 is 11.8 Å². The molecule has 0 aliphatic carbocycles. The highest BCUT2D eigenvalue weighted by molar-refractivity contribution is 7.99. The number of hydrogen-bond acceptors (Lipinski definition) is 3. The summed E-state index contributed by atoms with van der Waals surface area (Å²) in [6.07, 6.45) is 2.95. The van der Waals surface area contributed by atoms with Crippen molar-refractivity contribution >= 4 is 22.6 Å². The van der Waals surface area contributed by atoms with Crippen LogP contribution in [0.4, 0.5) is 0 Å². The Labute approximate surface area is 75.8 Å². The minimum Gasteiger partial charge on any atom is -0.327 e. The van der Waals surface area contributed by atoms with Crippen LogP contribution in [0, 0.1) is 0 Å². The van der Waals surface area contributed by atoms with E-state index in [2.05, 4.69) is 0 Å². The molecule has 0 aliphatic rings. The summed E-state index contributed by atoms with van der Waals surface area (Å²) in [4.78, 5) is 0. The van der Waals surface area contributed by atoms with Crippen LogP contribution in [0.2, 0.25) is 0 Å². The highest BCUT2D eigenvalue weighted by Crippen LogP contribution is 1.96. The molecule has 0 saturated carbocycles.